The lowest BCUT2D eigenvalue weighted by molar-refractivity contribution is 0.164. The van der Waals surface area contributed by atoms with Crippen molar-refractivity contribution in [3.8, 4) is 0 Å². The van der Waals surface area contributed by atoms with Crippen LogP contribution in [0.5, 0.6) is 0 Å². The lowest BCUT2D eigenvalue weighted by Gasteiger charge is -2.35. The van der Waals surface area contributed by atoms with Crippen LogP contribution in [0.1, 0.15) is 46.0 Å². The Morgan fingerprint density at radius 2 is 1.79 bits per heavy atom. The maximum atomic E-state index is 3.77. The molecule has 2 fully saturated rings. The van der Waals surface area contributed by atoms with E-state index in [-0.39, 0.29) is 0 Å². The summed E-state index contributed by atoms with van der Waals surface area (Å²) in [7, 11) is 2.25. The normalized spacial score (nSPS) is 31.7. The van der Waals surface area contributed by atoms with Gasteiger partial charge >= 0.3 is 0 Å². The van der Waals surface area contributed by atoms with Gasteiger partial charge in [-0.15, -0.1) is 0 Å². The minimum Gasteiger partial charge on any atom is -0.314 e. The zero-order chi connectivity index (χ0) is 13.7. The van der Waals surface area contributed by atoms with E-state index in [4.69, 9.17) is 0 Å². The van der Waals surface area contributed by atoms with Crippen LogP contribution in [-0.4, -0.2) is 61.7 Å². The minimum absolute atomic E-state index is 0.745. The Morgan fingerprint density at radius 1 is 1.05 bits per heavy atom. The molecule has 112 valence electrons. The third-order valence-electron chi connectivity index (χ3n) is 5.17. The van der Waals surface area contributed by atoms with Crippen LogP contribution in [-0.2, 0) is 0 Å². The van der Waals surface area contributed by atoms with Crippen LogP contribution in [0.25, 0.3) is 0 Å². The van der Waals surface area contributed by atoms with E-state index in [0.29, 0.717) is 0 Å². The van der Waals surface area contributed by atoms with Gasteiger partial charge in [-0.25, -0.2) is 0 Å². The van der Waals surface area contributed by atoms with E-state index in [1.807, 2.05) is 0 Å². The highest BCUT2D eigenvalue weighted by Crippen LogP contribution is 2.16. The molecule has 0 amide bonds. The third-order valence-corrected chi connectivity index (χ3v) is 5.17. The van der Waals surface area contributed by atoms with Crippen molar-refractivity contribution in [2.75, 3.05) is 39.8 Å². The minimum atomic E-state index is 0.745. The molecule has 2 atom stereocenters. The Hall–Kier alpha value is -0.120. The smallest absolute Gasteiger partial charge is 0.00940 e. The van der Waals surface area contributed by atoms with E-state index >= 15 is 0 Å². The van der Waals surface area contributed by atoms with Crippen LogP contribution in [0.15, 0.2) is 0 Å². The molecule has 0 aliphatic carbocycles. The molecule has 0 aromatic heterocycles. The zero-order valence-corrected chi connectivity index (χ0v) is 13.2. The fraction of sp³-hybridized carbons (Fsp3) is 1.00. The monoisotopic (exact) mass is 267 g/mol. The Bertz CT molecular complexity index is 248. The summed E-state index contributed by atoms with van der Waals surface area (Å²) in [4.78, 5) is 5.13. The molecule has 2 rings (SSSR count). The summed E-state index contributed by atoms with van der Waals surface area (Å²) in [6.45, 7) is 11.1. The lowest BCUT2D eigenvalue weighted by atomic mass is 9.98. The zero-order valence-electron chi connectivity index (χ0n) is 13.2. The van der Waals surface area contributed by atoms with Crippen molar-refractivity contribution in [3.63, 3.8) is 0 Å². The van der Waals surface area contributed by atoms with Crippen molar-refractivity contribution in [2.45, 2.75) is 58.0 Å². The second-order valence-electron chi connectivity index (χ2n) is 6.88. The number of rotatable bonds is 5. The number of nitrogens with one attached hydrogen (secondary N) is 1. The SMILES string of the molecule is CC1CCN(CCCNC2CCN(C)C(C)C2)CC1. The molecule has 19 heavy (non-hydrogen) atoms. The van der Waals surface area contributed by atoms with Gasteiger partial charge in [0.1, 0.15) is 0 Å². The summed E-state index contributed by atoms with van der Waals surface area (Å²) in [5, 5.41) is 3.77. The third kappa shape index (κ3) is 5.05. The molecule has 0 saturated carbocycles. The average Bonchev–Trinajstić information content (AvgIpc) is 2.41. The molecule has 0 spiro atoms. The van der Waals surface area contributed by atoms with Crippen molar-refractivity contribution >= 4 is 0 Å². The van der Waals surface area contributed by atoms with Crippen LogP contribution in [0, 0.1) is 5.92 Å². The fourth-order valence-corrected chi connectivity index (χ4v) is 3.37. The second kappa shape index (κ2) is 7.61. The Kier molecular flexibility index (Phi) is 6.11. The summed E-state index contributed by atoms with van der Waals surface area (Å²) in [6.07, 6.45) is 6.76. The Morgan fingerprint density at radius 3 is 2.47 bits per heavy atom. The molecule has 0 aromatic rings. The van der Waals surface area contributed by atoms with E-state index < -0.39 is 0 Å². The van der Waals surface area contributed by atoms with Gasteiger partial charge in [-0.2, -0.15) is 0 Å². The molecular weight excluding hydrogens is 234 g/mol. The summed E-state index contributed by atoms with van der Waals surface area (Å²) < 4.78 is 0. The van der Waals surface area contributed by atoms with Crippen LogP contribution in [0.2, 0.25) is 0 Å². The highest BCUT2D eigenvalue weighted by molar-refractivity contribution is 4.81. The van der Waals surface area contributed by atoms with Crippen molar-refractivity contribution in [1.29, 1.82) is 0 Å². The van der Waals surface area contributed by atoms with E-state index in [2.05, 4.69) is 36.0 Å². The number of nitrogens with zero attached hydrogens (tertiary/aromatic N) is 2. The van der Waals surface area contributed by atoms with E-state index in [0.717, 1.165) is 18.0 Å². The van der Waals surface area contributed by atoms with Gasteiger partial charge in [0.2, 0.25) is 0 Å². The maximum Gasteiger partial charge on any atom is 0.00940 e. The van der Waals surface area contributed by atoms with Crippen molar-refractivity contribution in [2.24, 2.45) is 5.92 Å². The highest BCUT2D eigenvalue weighted by Gasteiger charge is 2.22. The van der Waals surface area contributed by atoms with Crippen LogP contribution < -0.4 is 5.32 Å². The van der Waals surface area contributed by atoms with Gasteiger partial charge in [-0.1, -0.05) is 6.92 Å². The van der Waals surface area contributed by atoms with E-state index in [9.17, 15) is 0 Å². The number of hydrogen-bond acceptors (Lipinski definition) is 3. The van der Waals surface area contributed by atoms with Gasteiger partial charge in [0, 0.05) is 12.1 Å². The molecule has 2 unspecified atom stereocenters. The van der Waals surface area contributed by atoms with Crippen LogP contribution in [0.3, 0.4) is 0 Å². The number of likely N-dealkylation sites (tertiary alicyclic amines) is 2. The summed E-state index contributed by atoms with van der Waals surface area (Å²) >= 11 is 0. The second-order valence-corrected chi connectivity index (χ2v) is 6.88. The van der Waals surface area contributed by atoms with Gasteiger partial charge in [0.05, 0.1) is 0 Å². The predicted molar refractivity (Wildman–Crippen MR) is 82.6 cm³/mol. The molecule has 2 aliphatic heterocycles. The Labute approximate surface area is 119 Å². The van der Waals surface area contributed by atoms with Crippen LogP contribution >= 0.6 is 0 Å². The average molecular weight is 267 g/mol. The van der Waals surface area contributed by atoms with Crippen molar-refractivity contribution in [3.05, 3.63) is 0 Å². The van der Waals surface area contributed by atoms with Crippen molar-refractivity contribution < 1.29 is 0 Å². The summed E-state index contributed by atoms with van der Waals surface area (Å²) in [5.41, 5.74) is 0. The van der Waals surface area contributed by atoms with Gasteiger partial charge in [-0.05, 0) is 84.7 Å². The topological polar surface area (TPSA) is 18.5 Å². The number of hydrogen-bond donors (Lipinski definition) is 1. The molecule has 1 N–H and O–H groups in total. The van der Waals surface area contributed by atoms with E-state index in [1.54, 1.807) is 0 Å². The summed E-state index contributed by atoms with van der Waals surface area (Å²) in [6, 6.07) is 1.50. The molecule has 2 saturated heterocycles. The molecule has 0 radical (unpaired) electrons. The molecule has 2 aliphatic rings. The maximum absolute atomic E-state index is 3.77. The van der Waals surface area contributed by atoms with Gasteiger partial charge in [-0.3, -0.25) is 0 Å². The van der Waals surface area contributed by atoms with Gasteiger partial charge < -0.3 is 15.1 Å². The Balaban J connectivity index is 1.52. The fourth-order valence-electron chi connectivity index (χ4n) is 3.37. The molecule has 3 heteroatoms. The predicted octanol–water partition coefficient (Wildman–Crippen LogP) is 2.18. The molecular formula is C16H33N3. The molecule has 2 heterocycles. The highest BCUT2D eigenvalue weighted by atomic mass is 15.1. The first kappa shape index (κ1) is 15.3. The first-order chi connectivity index (χ1) is 9.15. The standard InChI is InChI=1S/C16H33N3/c1-14-5-11-19(12-6-14)9-4-8-17-16-7-10-18(3)15(2)13-16/h14-17H,4-13H2,1-3H3. The quantitative estimate of drug-likeness (QED) is 0.770. The van der Waals surface area contributed by atoms with Gasteiger partial charge in [0.15, 0.2) is 0 Å². The van der Waals surface area contributed by atoms with Crippen molar-refractivity contribution in [1.82, 2.24) is 15.1 Å². The summed E-state index contributed by atoms with van der Waals surface area (Å²) in [5.74, 6) is 0.954. The van der Waals surface area contributed by atoms with Crippen LogP contribution in [0.4, 0.5) is 0 Å². The number of piperidine rings is 2. The molecule has 0 aromatic carbocycles. The largest absolute Gasteiger partial charge is 0.314 e. The lowest BCUT2D eigenvalue weighted by Crippen LogP contribution is -2.46. The molecule has 3 nitrogen and oxygen atoms in total. The van der Waals surface area contributed by atoms with E-state index in [1.165, 1.54) is 64.8 Å². The first-order valence-corrected chi connectivity index (χ1v) is 8.31. The first-order valence-electron chi connectivity index (χ1n) is 8.31. The molecule has 0 bridgehead atoms. The van der Waals surface area contributed by atoms with Gasteiger partial charge in [0.25, 0.3) is 0 Å².